The number of hydrogen-bond donors (Lipinski definition) is 5. The summed E-state index contributed by atoms with van der Waals surface area (Å²) in [6.45, 7) is 0. The second kappa shape index (κ2) is 5.40. The number of methoxy groups -OCH3 is 1. The lowest BCUT2D eigenvalue weighted by Crippen LogP contribution is -2.19. The number of hydrogen-bond acceptors (Lipinski definition) is 4. The van der Waals surface area contributed by atoms with Crippen LogP contribution < -0.4 is 10.1 Å². The Kier molecular flexibility index (Phi) is 4.55. The standard InChI is InChI=1S/C8H13NO7P2/c1-16-7-4-2-6(3-5-7)9-8(17(10,11)12)18(13,14)15/h2-5,8-9H,1H3,(H2,10,11,12)(H2,13,14,15). The minimum atomic E-state index is -4.99. The number of benzene rings is 1. The first kappa shape index (κ1) is 15.2. The third-order valence-electron chi connectivity index (χ3n) is 2.02. The highest BCUT2D eigenvalue weighted by molar-refractivity contribution is 7.71. The van der Waals surface area contributed by atoms with Gasteiger partial charge in [0.05, 0.1) is 7.11 Å². The number of ether oxygens (including phenoxy) is 1. The van der Waals surface area contributed by atoms with Gasteiger partial charge in [-0.2, -0.15) is 0 Å². The molecule has 0 radical (unpaired) electrons. The Morgan fingerprint density at radius 1 is 1.06 bits per heavy atom. The van der Waals surface area contributed by atoms with Crippen LogP contribution in [0.5, 0.6) is 5.75 Å². The fourth-order valence-electron chi connectivity index (χ4n) is 1.20. The number of rotatable bonds is 5. The highest BCUT2D eigenvalue weighted by Crippen LogP contribution is 2.59. The van der Waals surface area contributed by atoms with Crippen LogP contribution in [0.2, 0.25) is 0 Å². The lowest BCUT2D eigenvalue weighted by molar-refractivity contribution is 0.343. The monoisotopic (exact) mass is 297 g/mol. The molecule has 0 aliphatic carbocycles. The van der Waals surface area contributed by atoms with Crippen LogP contribution in [0, 0.1) is 0 Å². The van der Waals surface area contributed by atoms with Crippen LogP contribution in [0.25, 0.3) is 0 Å². The van der Waals surface area contributed by atoms with Crippen molar-refractivity contribution in [1.82, 2.24) is 0 Å². The zero-order chi connectivity index (χ0) is 14.0. The molecule has 0 unspecified atom stereocenters. The van der Waals surface area contributed by atoms with E-state index in [-0.39, 0.29) is 5.69 Å². The first-order chi connectivity index (χ1) is 8.14. The molecule has 0 amide bonds. The van der Waals surface area contributed by atoms with Crippen molar-refractivity contribution >= 4 is 20.9 Å². The summed E-state index contributed by atoms with van der Waals surface area (Å²) >= 11 is 0. The molecule has 5 N–H and O–H groups in total. The van der Waals surface area contributed by atoms with Gasteiger partial charge in [-0.3, -0.25) is 9.13 Å². The SMILES string of the molecule is COc1ccc(NC(P(=O)(O)O)P(=O)(O)O)cc1. The third-order valence-corrected chi connectivity index (χ3v) is 5.36. The van der Waals surface area contributed by atoms with Crippen molar-refractivity contribution in [3.05, 3.63) is 24.3 Å². The molecule has 102 valence electrons. The van der Waals surface area contributed by atoms with Crippen LogP contribution in [0.15, 0.2) is 24.3 Å². The molecule has 1 aromatic carbocycles. The van der Waals surface area contributed by atoms with E-state index in [9.17, 15) is 9.13 Å². The summed E-state index contributed by atoms with van der Waals surface area (Å²) in [5.74, 6) is 0.504. The third kappa shape index (κ3) is 4.10. The highest BCUT2D eigenvalue weighted by atomic mass is 31.2. The molecular weight excluding hydrogens is 284 g/mol. The smallest absolute Gasteiger partial charge is 0.360 e. The molecule has 0 aromatic heterocycles. The molecule has 1 aromatic rings. The highest BCUT2D eigenvalue weighted by Gasteiger charge is 2.43. The van der Waals surface area contributed by atoms with E-state index in [1.807, 2.05) is 0 Å². The molecule has 0 aliphatic heterocycles. The summed E-state index contributed by atoms with van der Waals surface area (Å²) < 4.78 is 26.9. The first-order valence-electron chi connectivity index (χ1n) is 4.65. The van der Waals surface area contributed by atoms with Crippen molar-refractivity contribution in [1.29, 1.82) is 0 Å². The Balaban J connectivity index is 2.97. The molecule has 0 bridgehead atoms. The molecule has 8 nitrogen and oxygen atoms in total. The minimum Gasteiger partial charge on any atom is -0.497 e. The average molecular weight is 297 g/mol. The molecule has 0 saturated carbocycles. The van der Waals surface area contributed by atoms with Gasteiger partial charge in [0.15, 0.2) is 0 Å². The lowest BCUT2D eigenvalue weighted by Gasteiger charge is -2.21. The summed E-state index contributed by atoms with van der Waals surface area (Å²) in [5.41, 5.74) is -2.11. The van der Waals surface area contributed by atoms with Crippen molar-refractivity contribution in [2.24, 2.45) is 0 Å². The van der Waals surface area contributed by atoms with Gasteiger partial charge < -0.3 is 29.6 Å². The van der Waals surface area contributed by atoms with E-state index in [0.717, 1.165) is 0 Å². The van der Waals surface area contributed by atoms with E-state index < -0.39 is 20.7 Å². The largest absolute Gasteiger partial charge is 0.497 e. The average Bonchev–Trinajstić information content (AvgIpc) is 2.23. The van der Waals surface area contributed by atoms with Gasteiger partial charge in [-0.1, -0.05) is 0 Å². The van der Waals surface area contributed by atoms with Gasteiger partial charge in [-0.05, 0) is 24.3 Å². The lowest BCUT2D eigenvalue weighted by atomic mass is 10.3. The minimum absolute atomic E-state index is 0.160. The quantitative estimate of drug-likeness (QED) is 0.502. The van der Waals surface area contributed by atoms with Crippen LogP contribution in [-0.4, -0.2) is 32.2 Å². The van der Waals surface area contributed by atoms with Crippen molar-refractivity contribution in [2.45, 2.75) is 5.52 Å². The van der Waals surface area contributed by atoms with E-state index in [4.69, 9.17) is 24.3 Å². The fourth-order valence-corrected chi connectivity index (χ4v) is 3.40. The molecule has 10 heteroatoms. The fraction of sp³-hybridized carbons (Fsp3) is 0.250. The van der Waals surface area contributed by atoms with E-state index in [2.05, 4.69) is 5.32 Å². The van der Waals surface area contributed by atoms with Crippen molar-refractivity contribution in [3.8, 4) is 5.75 Å². The molecular formula is C8H13NO7P2. The van der Waals surface area contributed by atoms with E-state index in [1.165, 1.54) is 31.4 Å². The number of anilines is 1. The maximum atomic E-state index is 11.0. The summed E-state index contributed by atoms with van der Waals surface area (Å²) in [6, 6.07) is 5.74. The zero-order valence-electron chi connectivity index (χ0n) is 9.29. The molecule has 1 rings (SSSR count). The first-order valence-corrected chi connectivity index (χ1v) is 8.02. The van der Waals surface area contributed by atoms with Gasteiger partial charge >= 0.3 is 15.2 Å². The predicted octanol–water partition coefficient (Wildman–Crippen LogP) is 0.746. The second-order valence-corrected chi connectivity index (χ2v) is 7.22. The Morgan fingerprint density at radius 2 is 1.50 bits per heavy atom. The van der Waals surface area contributed by atoms with Gasteiger partial charge in [-0.25, -0.2) is 0 Å². The second-order valence-electron chi connectivity index (χ2n) is 3.42. The molecule has 0 fully saturated rings. The molecule has 0 heterocycles. The predicted molar refractivity (Wildman–Crippen MR) is 64.5 cm³/mol. The van der Waals surface area contributed by atoms with Gasteiger partial charge in [0.25, 0.3) is 0 Å². The van der Waals surface area contributed by atoms with Gasteiger partial charge in [-0.15, -0.1) is 0 Å². The normalized spacial score (nSPS) is 12.6. The summed E-state index contributed by atoms with van der Waals surface area (Å²) in [6.07, 6.45) is 0. The summed E-state index contributed by atoms with van der Waals surface area (Å²) in [5, 5.41) is 2.13. The van der Waals surface area contributed by atoms with Crippen LogP contribution in [0.1, 0.15) is 0 Å². The van der Waals surface area contributed by atoms with Crippen molar-refractivity contribution in [2.75, 3.05) is 12.4 Å². The molecule has 0 saturated heterocycles. The number of nitrogens with one attached hydrogen (secondary N) is 1. The molecule has 0 aliphatic rings. The topological polar surface area (TPSA) is 136 Å². The summed E-state index contributed by atoms with van der Waals surface area (Å²) in [7, 11) is -8.53. The zero-order valence-corrected chi connectivity index (χ0v) is 11.1. The maximum absolute atomic E-state index is 11.0. The molecule has 0 spiro atoms. The van der Waals surface area contributed by atoms with Crippen molar-refractivity contribution in [3.63, 3.8) is 0 Å². The van der Waals surface area contributed by atoms with Crippen molar-refractivity contribution < 1.29 is 33.4 Å². The van der Waals surface area contributed by atoms with E-state index in [0.29, 0.717) is 5.75 Å². The molecule has 0 atom stereocenters. The Hall–Kier alpha value is -0.880. The van der Waals surface area contributed by atoms with Gasteiger partial charge in [0.1, 0.15) is 5.75 Å². The Morgan fingerprint density at radius 3 is 1.83 bits per heavy atom. The van der Waals surface area contributed by atoms with E-state index in [1.54, 1.807) is 0 Å². The molecule has 18 heavy (non-hydrogen) atoms. The van der Waals surface area contributed by atoms with E-state index >= 15 is 0 Å². The van der Waals surface area contributed by atoms with Gasteiger partial charge in [0, 0.05) is 5.69 Å². The maximum Gasteiger partial charge on any atom is 0.360 e. The summed E-state index contributed by atoms with van der Waals surface area (Å²) in [4.78, 5) is 35.6. The Bertz CT molecular complexity index is 469. The van der Waals surface area contributed by atoms with Crippen LogP contribution in [0.4, 0.5) is 5.69 Å². The van der Waals surface area contributed by atoms with Crippen LogP contribution in [-0.2, 0) is 9.13 Å². The van der Waals surface area contributed by atoms with Crippen LogP contribution in [0.3, 0.4) is 0 Å². The van der Waals surface area contributed by atoms with Crippen LogP contribution >= 0.6 is 15.2 Å². The Labute approximate surface area is 103 Å². The van der Waals surface area contributed by atoms with Gasteiger partial charge in [0.2, 0.25) is 5.52 Å².